The number of hydrogen-bond donors (Lipinski definition) is 1. The van der Waals surface area contributed by atoms with Crippen LogP contribution in [0.25, 0.3) is 0 Å². The van der Waals surface area contributed by atoms with Gasteiger partial charge in [-0.3, -0.25) is 10.1 Å². The summed E-state index contributed by atoms with van der Waals surface area (Å²) in [5.41, 5.74) is -0.464. The smallest absolute Gasteiger partial charge is 0.258 e. The standard InChI is InChI=1S/C11H11ClN2O4S/c1-3-4-8(2)13-19(17,18)9-5-6-10(12)11(7-9)14(15)16/h1,5-8,13H,4H2,2H3. The molecule has 1 N–H and O–H groups in total. The lowest BCUT2D eigenvalue weighted by molar-refractivity contribution is -0.384. The van der Waals surface area contributed by atoms with Crippen molar-refractivity contribution in [2.75, 3.05) is 0 Å². The molecule has 0 aliphatic rings. The van der Waals surface area contributed by atoms with Gasteiger partial charge >= 0.3 is 0 Å². The van der Waals surface area contributed by atoms with E-state index in [1.165, 1.54) is 12.1 Å². The van der Waals surface area contributed by atoms with Gasteiger partial charge in [0, 0.05) is 18.5 Å². The van der Waals surface area contributed by atoms with Gasteiger partial charge in [0.2, 0.25) is 10.0 Å². The predicted octanol–water partition coefficient (Wildman–Crippen LogP) is 1.94. The number of nitrogens with zero attached hydrogens (tertiary/aromatic N) is 1. The minimum Gasteiger partial charge on any atom is -0.258 e. The summed E-state index contributed by atoms with van der Waals surface area (Å²) in [6.07, 6.45) is 5.30. The second-order valence-corrected chi connectivity index (χ2v) is 5.92. The molecule has 1 rings (SSSR count). The van der Waals surface area contributed by atoms with Crippen LogP contribution in [-0.4, -0.2) is 19.4 Å². The molecule has 0 aliphatic heterocycles. The van der Waals surface area contributed by atoms with Crippen molar-refractivity contribution in [1.82, 2.24) is 4.72 Å². The Labute approximate surface area is 116 Å². The molecule has 19 heavy (non-hydrogen) atoms. The lowest BCUT2D eigenvalue weighted by Crippen LogP contribution is -2.32. The summed E-state index contributed by atoms with van der Waals surface area (Å²) in [5, 5.41) is 10.6. The second-order valence-electron chi connectivity index (χ2n) is 3.80. The molecule has 0 saturated heterocycles. The molecule has 102 valence electrons. The Bertz CT molecular complexity index is 637. The summed E-state index contributed by atoms with van der Waals surface area (Å²) >= 11 is 5.61. The fourth-order valence-corrected chi connectivity index (χ4v) is 2.80. The SMILES string of the molecule is C#CCC(C)NS(=O)(=O)c1ccc(Cl)c([N+](=O)[O-])c1. The number of benzene rings is 1. The van der Waals surface area contributed by atoms with Crippen LogP contribution in [0.1, 0.15) is 13.3 Å². The Morgan fingerprint density at radius 2 is 2.21 bits per heavy atom. The maximum Gasteiger partial charge on any atom is 0.289 e. The molecule has 1 aromatic carbocycles. The minimum absolute atomic E-state index is 0.124. The van der Waals surface area contributed by atoms with Gasteiger partial charge in [0.05, 0.1) is 9.82 Å². The topological polar surface area (TPSA) is 89.3 Å². The third-order valence-corrected chi connectivity index (χ3v) is 4.11. The number of hydrogen-bond acceptors (Lipinski definition) is 4. The van der Waals surface area contributed by atoms with Gasteiger partial charge in [-0.15, -0.1) is 12.3 Å². The molecule has 0 aromatic heterocycles. The molecule has 0 heterocycles. The maximum absolute atomic E-state index is 12.0. The molecule has 0 radical (unpaired) electrons. The highest BCUT2D eigenvalue weighted by Gasteiger charge is 2.21. The first kappa shape index (κ1) is 15.4. The van der Waals surface area contributed by atoms with Crippen LogP contribution in [-0.2, 0) is 10.0 Å². The van der Waals surface area contributed by atoms with Crippen molar-refractivity contribution < 1.29 is 13.3 Å². The highest BCUT2D eigenvalue weighted by Crippen LogP contribution is 2.27. The Kier molecular flexibility index (Phi) is 4.89. The number of sulfonamides is 1. The molecule has 0 amide bonds. The van der Waals surface area contributed by atoms with Gasteiger partial charge < -0.3 is 0 Å². The van der Waals surface area contributed by atoms with E-state index < -0.39 is 26.7 Å². The summed E-state index contributed by atoms with van der Waals surface area (Å²) in [6, 6.07) is 2.80. The summed E-state index contributed by atoms with van der Waals surface area (Å²) in [5.74, 6) is 2.32. The Morgan fingerprint density at radius 1 is 1.58 bits per heavy atom. The van der Waals surface area contributed by atoms with Crippen molar-refractivity contribution in [3.05, 3.63) is 33.3 Å². The van der Waals surface area contributed by atoms with Crippen molar-refractivity contribution in [2.24, 2.45) is 0 Å². The average Bonchev–Trinajstić information content (AvgIpc) is 2.28. The van der Waals surface area contributed by atoms with E-state index in [-0.39, 0.29) is 16.3 Å². The van der Waals surface area contributed by atoms with E-state index >= 15 is 0 Å². The van der Waals surface area contributed by atoms with E-state index in [0.29, 0.717) is 0 Å². The Morgan fingerprint density at radius 3 is 2.74 bits per heavy atom. The van der Waals surface area contributed by atoms with Gasteiger partial charge in [-0.05, 0) is 19.1 Å². The first-order valence-corrected chi connectivity index (χ1v) is 7.03. The van der Waals surface area contributed by atoms with Gasteiger partial charge in [-0.2, -0.15) is 0 Å². The van der Waals surface area contributed by atoms with Crippen molar-refractivity contribution in [3.8, 4) is 12.3 Å². The van der Waals surface area contributed by atoms with Crippen LogP contribution in [0.3, 0.4) is 0 Å². The second kappa shape index (κ2) is 6.02. The number of halogens is 1. The van der Waals surface area contributed by atoms with Crippen LogP contribution in [0, 0.1) is 22.5 Å². The Balaban J connectivity index is 3.13. The first-order chi connectivity index (χ1) is 8.77. The van der Waals surface area contributed by atoms with E-state index in [4.69, 9.17) is 18.0 Å². The Hall–Kier alpha value is -1.62. The minimum atomic E-state index is -3.86. The van der Waals surface area contributed by atoms with Crippen molar-refractivity contribution in [2.45, 2.75) is 24.3 Å². The van der Waals surface area contributed by atoms with Gasteiger partial charge in [0.1, 0.15) is 5.02 Å². The summed E-state index contributed by atoms with van der Waals surface area (Å²) in [7, 11) is -3.86. The summed E-state index contributed by atoms with van der Waals surface area (Å²) in [6.45, 7) is 1.60. The normalized spacial score (nSPS) is 12.7. The molecular formula is C11H11ClN2O4S. The van der Waals surface area contributed by atoms with Crippen LogP contribution >= 0.6 is 11.6 Å². The van der Waals surface area contributed by atoms with Gasteiger partial charge in [-0.1, -0.05) is 11.6 Å². The number of terminal acetylenes is 1. The third kappa shape index (κ3) is 3.92. The van der Waals surface area contributed by atoms with Gasteiger partial charge in [0.15, 0.2) is 0 Å². The zero-order chi connectivity index (χ0) is 14.6. The van der Waals surface area contributed by atoms with Crippen LogP contribution < -0.4 is 4.72 Å². The molecule has 1 unspecified atom stereocenters. The zero-order valence-electron chi connectivity index (χ0n) is 9.96. The number of rotatable bonds is 5. The maximum atomic E-state index is 12.0. The largest absolute Gasteiger partial charge is 0.289 e. The molecule has 1 aromatic rings. The number of nitro groups is 1. The third-order valence-electron chi connectivity index (χ3n) is 2.20. The van der Waals surface area contributed by atoms with E-state index in [2.05, 4.69) is 10.6 Å². The van der Waals surface area contributed by atoms with Crippen molar-refractivity contribution in [3.63, 3.8) is 0 Å². The van der Waals surface area contributed by atoms with Crippen LogP contribution in [0.4, 0.5) is 5.69 Å². The molecular weight excluding hydrogens is 292 g/mol. The average molecular weight is 303 g/mol. The van der Waals surface area contributed by atoms with Gasteiger partial charge in [0.25, 0.3) is 5.69 Å². The first-order valence-electron chi connectivity index (χ1n) is 5.17. The van der Waals surface area contributed by atoms with Crippen LogP contribution in [0.15, 0.2) is 23.1 Å². The van der Waals surface area contributed by atoms with Crippen LogP contribution in [0.2, 0.25) is 5.02 Å². The van der Waals surface area contributed by atoms with E-state index in [1.807, 2.05) is 0 Å². The van der Waals surface area contributed by atoms with Crippen molar-refractivity contribution in [1.29, 1.82) is 0 Å². The number of nitrogens with one attached hydrogen (secondary N) is 1. The highest BCUT2D eigenvalue weighted by molar-refractivity contribution is 7.89. The van der Waals surface area contributed by atoms with Crippen molar-refractivity contribution >= 4 is 27.3 Å². The molecule has 0 fully saturated rings. The highest BCUT2D eigenvalue weighted by atomic mass is 35.5. The van der Waals surface area contributed by atoms with Crippen LogP contribution in [0.5, 0.6) is 0 Å². The molecule has 6 nitrogen and oxygen atoms in total. The molecule has 0 bridgehead atoms. The van der Waals surface area contributed by atoms with E-state index in [0.717, 1.165) is 6.07 Å². The summed E-state index contributed by atoms with van der Waals surface area (Å²) in [4.78, 5) is 9.73. The quantitative estimate of drug-likeness (QED) is 0.511. The molecule has 0 saturated carbocycles. The zero-order valence-corrected chi connectivity index (χ0v) is 11.5. The lowest BCUT2D eigenvalue weighted by Gasteiger charge is -2.11. The fourth-order valence-electron chi connectivity index (χ4n) is 1.35. The molecule has 1 atom stereocenters. The lowest BCUT2D eigenvalue weighted by atomic mass is 10.3. The predicted molar refractivity (Wildman–Crippen MR) is 71.3 cm³/mol. The molecule has 0 aliphatic carbocycles. The summed E-state index contributed by atoms with van der Waals surface area (Å²) < 4.78 is 26.2. The van der Waals surface area contributed by atoms with Gasteiger partial charge in [-0.25, -0.2) is 13.1 Å². The molecule has 8 heteroatoms. The molecule has 0 spiro atoms. The van der Waals surface area contributed by atoms with E-state index in [1.54, 1.807) is 6.92 Å². The fraction of sp³-hybridized carbons (Fsp3) is 0.273. The monoisotopic (exact) mass is 302 g/mol. The number of nitro benzene ring substituents is 1. The van der Waals surface area contributed by atoms with E-state index in [9.17, 15) is 18.5 Å².